The third-order valence-corrected chi connectivity index (χ3v) is 7.62. The van der Waals surface area contributed by atoms with Crippen LogP contribution < -0.4 is 5.73 Å². The van der Waals surface area contributed by atoms with Gasteiger partial charge in [0.25, 0.3) is 0 Å². The van der Waals surface area contributed by atoms with E-state index in [1.165, 1.54) is 16.3 Å². The first-order valence-corrected chi connectivity index (χ1v) is 14.0. The first-order chi connectivity index (χ1) is 20.2. The summed E-state index contributed by atoms with van der Waals surface area (Å²) in [6.45, 7) is 0.526. The predicted molar refractivity (Wildman–Crippen MR) is 170 cm³/mol. The van der Waals surface area contributed by atoms with Gasteiger partial charge in [-0.25, -0.2) is 4.99 Å². The summed E-state index contributed by atoms with van der Waals surface area (Å²) in [4.78, 5) is 9.77. The third-order valence-electron chi connectivity index (χ3n) is 7.62. The van der Waals surface area contributed by atoms with Gasteiger partial charge in [-0.15, -0.1) is 0 Å². The number of aryl methyl sites for hydroxylation is 1. The number of aliphatic imine (C=N–C) groups is 2. The summed E-state index contributed by atoms with van der Waals surface area (Å²) in [6.07, 6.45) is 3.85. The number of hydrogen-bond acceptors (Lipinski definition) is 2. The molecule has 5 aromatic carbocycles. The average Bonchev–Trinajstić information content (AvgIpc) is 3.42. The Bertz CT molecular complexity index is 1960. The lowest BCUT2D eigenvalue weighted by molar-refractivity contribution is 0.546. The van der Waals surface area contributed by atoms with Gasteiger partial charge in [-0.1, -0.05) is 109 Å². The van der Waals surface area contributed by atoms with E-state index in [9.17, 15) is 0 Å². The van der Waals surface area contributed by atoms with Crippen molar-refractivity contribution in [2.45, 2.75) is 19.4 Å². The fourth-order valence-electron chi connectivity index (χ4n) is 5.55. The molecule has 0 fully saturated rings. The van der Waals surface area contributed by atoms with Gasteiger partial charge in [0.15, 0.2) is 5.84 Å². The molecule has 1 aromatic heterocycles. The van der Waals surface area contributed by atoms with Gasteiger partial charge in [-0.05, 0) is 52.1 Å². The Hall–Kier alpha value is -5.22. The number of hydrogen-bond donors (Lipinski definition) is 1. The molecule has 1 heterocycles. The topological polar surface area (TPSA) is 63.9 Å². The molecular formula is C37H29N3O. The van der Waals surface area contributed by atoms with Crippen molar-refractivity contribution in [3.63, 3.8) is 0 Å². The number of fused-ring (bicyclic) bond motifs is 4. The maximum absolute atomic E-state index is 6.75. The Morgan fingerprint density at radius 2 is 1.44 bits per heavy atom. The van der Waals surface area contributed by atoms with Crippen LogP contribution in [-0.2, 0) is 13.0 Å². The maximum Gasteiger partial charge on any atom is 0.157 e. The van der Waals surface area contributed by atoms with E-state index in [0.29, 0.717) is 18.2 Å². The van der Waals surface area contributed by atoms with Crippen LogP contribution >= 0.6 is 0 Å². The molecule has 0 aliphatic heterocycles. The largest absolute Gasteiger partial charge is 0.460 e. The van der Waals surface area contributed by atoms with Crippen molar-refractivity contribution in [2.75, 3.05) is 0 Å². The minimum Gasteiger partial charge on any atom is -0.460 e. The lowest BCUT2D eigenvalue weighted by Crippen LogP contribution is -2.19. The normalized spacial score (nSPS) is 13.8. The number of amidine groups is 2. The fourth-order valence-corrected chi connectivity index (χ4v) is 5.55. The second-order valence-corrected chi connectivity index (χ2v) is 10.3. The van der Waals surface area contributed by atoms with E-state index in [2.05, 4.69) is 78.9 Å². The molecule has 0 bridgehead atoms. The summed E-state index contributed by atoms with van der Waals surface area (Å²) in [5.74, 6) is 2.02. The van der Waals surface area contributed by atoms with Crippen molar-refractivity contribution in [2.24, 2.45) is 15.7 Å². The highest BCUT2D eigenvalue weighted by Crippen LogP contribution is 2.38. The fraction of sp³-hybridized carbons (Fsp3) is 0.0811. The molecule has 4 nitrogen and oxygen atoms in total. The summed E-state index contributed by atoms with van der Waals surface area (Å²) in [5.41, 5.74) is 13.9. The molecule has 6 aromatic rings. The Morgan fingerprint density at radius 3 is 2.27 bits per heavy atom. The zero-order valence-corrected chi connectivity index (χ0v) is 22.6. The average molecular weight is 532 g/mol. The molecule has 2 N–H and O–H groups in total. The zero-order chi connectivity index (χ0) is 27.6. The van der Waals surface area contributed by atoms with Gasteiger partial charge < -0.3 is 10.2 Å². The van der Waals surface area contributed by atoms with Crippen molar-refractivity contribution in [3.05, 3.63) is 150 Å². The SMILES string of the molecule is NC(=NC(=NCc1ccccc1)c1ccccc1)C1=CCCc2oc3cc(-c4ccc5ccccc5c4)ccc3c21. The maximum atomic E-state index is 6.75. The Kier molecular flexibility index (Phi) is 6.50. The molecule has 0 atom stereocenters. The molecular weight excluding hydrogens is 502 g/mol. The molecule has 0 saturated heterocycles. The summed E-state index contributed by atoms with van der Waals surface area (Å²) >= 11 is 0. The number of furan rings is 1. The van der Waals surface area contributed by atoms with Gasteiger partial charge in [0.05, 0.1) is 6.54 Å². The van der Waals surface area contributed by atoms with E-state index in [1.807, 2.05) is 48.5 Å². The van der Waals surface area contributed by atoms with Crippen LogP contribution in [0.4, 0.5) is 0 Å². The van der Waals surface area contributed by atoms with Crippen molar-refractivity contribution >= 4 is 39.0 Å². The van der Waals surface area contributed by atoms with E-state index in [-0.39, 0.29) is 0 Å². The number of rotatable bonds is 5. The van der Waals surface area contributed by atoms with E-state index in [1.54, 1.807) is 0 Å². The Labute approximate surface area is 239 Å². The van der Waals surface area contributed by atoms with E-state index < -0.39 is 0 Å². The minimum atomic E-state index is 0.447. The first-order valence-electron chi connectivity index (χ1n) is 14.0. The van der Waals surface area contributed by atoms with Crippen LogP contribution in [0.5, 0.6) is 0 Å². The monoisotopic (exact) mass is 531 g/mol. The van der Waals surface area contributed by atoms with E-state index >= 15 is 0 Å². The lowest BCUT2D eigenvalue weighted by Gasteiger charge is -2.14. The lowest BCUT2D eigenvalue weighted by atomic mass is 9.92. The van der Waals surface area contributed by atoms with E-state index in [4.69, 9.17) is 20.1 Å². The van der Waals surface area contributed by atoms with Gasteiger partial charge in [-0.3, -0.25) is 4.99 Å². The van der Waals surface area contributed by atoms with Gasteiger partial charge in [-0.2, -0.15) is 0 Å². The molecule has 0 spiro atoms. The highest BCUT2D eigenvalue weighted by atomic mass is 16.3. The molecule has 1 aliphatic rings. The quantitative estimate of drug-likeness (QED) is 0.179. The van der Waals surface area contributed by atoms with Crippen LogP contribution in [0.2, 0.25) is 0 Å². The van der Waals surface area contributed by atoms with Crippen molar-refractivity contribution in [3.8, 4) is 11.1 Å². The molecule has 0 unspecified atom stereocenters. The van der Waals surface area contributed by atoms with Crippen LogP contribution in [0.1, 0.15) is 28.9 Å². The predicted octanol–water partition coefficient (Wildman–Crippen LogP) is 8.59. The van der Waals surface area contributed by atoms with E-state index in [0.717, 1.165) is 57.4 Å². The van der Waals surface area contributed by atoms with Gasteiger partial charge >= 0.3 is 0 Å². The van der Waals surface area contributed by atoms with Crippen molar-refractivity contribution in [1.29, 1.82) is 0 Å². The van der Waals surface area contributed by atoms with Crippen LogP contribution in [0.3, 0.4) is 0 Å². The standard InChI is InChI=1S/C37H29N3O/c38-36(40-37(27-13-5-2-6-14-27)39-24-25-10-3-1-4-11-25)32-16-9-17-33-35(32)31-21-20-30(23-34(31)41-33)29-19-18-26-12-7-8-15-28(26)22-29/h1-8,10-16,18-23H,9,17,24H2,(H2,38,39,40). The van der Waals surface area contributed by atoms with Crippen LogP contribution in [0.15, 0.2) is 142 Å². The molecule has 4 heteroatoms. The molecule has 0 saturated carbocycles. The number of benzene rings is 5. The molecule has 198 valence electrons. The highest BCUT2D eigenvalue weighted by Gasteiger charge is 2.23. The number of nitrogens with zero attached hydrogens (tertiary/aromatic N) is 2. The summed E-state index contributed by atoms with van der Waals surface area (Å²) < 4.78 is 6.43. The molecule has 7 rings (SSSR count). The van der Waals surface area contributed by atoms with Gasteiger partial charge in [0, 0.05) is 28.5 Å². The second-order valence-electron chi connectivity index (χ2n) is 10.3. The summed E-state index contributed by atoms with van der Waals surface area (Å²) in [6, 6.07) is 41.7. The molecule has 1 aliphatic carbocycles. The summed E-state index contributed by atoms with van der Waals surface area (Å²) in [7, 11) is 0. The van der Waals surface area contributed by atoms with Crippen LogP contribution in [0, 0.1) is 0 Å². The van der Waals surface area contributed by atoms with Gasteiger partial charge in [0.2, 0.25) is 0 Å². The zero-order valence-electron chi connectivity index (χ0n) is 22.6. The molecule has 0 radical (unpaired) electrons. The Balaban J connectivity index is 1.26. The molecule has 41 heavy (non-hydrogen) atoms. The minimum absolute atomic E-state index is 0.447. The smallest absolute Gasteiger partial charge is 0.157 e. The number of allylic oxidation sites excluding steroid dienone is 1. The second kappa shape index (κ2) is 10.7. The third kappa shape index (κ3) is 4.96. The van der Waals surface area contributed by atoms with Crippen molar-refractivity contribution in [1.82, 2.24) is 0 Å². The Morgan fingerprint density at radius 1 is 0.732 bits per heavy atom. The highest BCUT2D eigenvalue weighted by molar-refractivity contribution is 6.28. The number of nitrogens with two attached hydrogens (primary N) is 1. The van der Waals surface area contributed by atoms with Gasteiger partial charge in [0.1, 0.15) is 17.2 Å². The van der Waals surface area contributed by atoms with Crippen LogP contribution in [0.25, 0.3) is 38.4 Å². The van der Waals surface area contributed by atoms with Crippen molar-refractivity contribution < 1.29 is 4.42 Å². The summed E-state index contributed by atoms with van der Waals surface area (Å²) in [5, 5.41) is 3.51. The van der Waals surface area contributed by atoms with Crippen LogP contribution in [-0.4, -0.2) is 11.7 Å². The molecule has 0 amide bonds. The first kappa shape index (κ1) is 24.8.